The van der Waals surface area contributed by atoms with Crippen LogP contribution in [-0.2, 0) is 19.7 Å². The molecule has 2 aliphatic rings. The predicted octanol–water partition coefficient (Wildman–Crippen LogP) is 0.553. The Hall–Kier alpha value is -1.83. The number of carbonyl (C=O) groups excluding carboxylic acids is 1. The molecule has 3 N–H and O–H groups in total. The Labute approximate surface area is 141 Å². The third kappa shape index (κ3) is 3.48. The van der Waals surface area contributed by atoms with Gasteiger partial charge in [0.15, 0.2) is 11.5 Å². The third-order valence-corrected chi connectivity index (χ3v) is 4.72. The van der Waals surface area contributed by atoms with E-state index in [1.807, 2.05) is 18.2 Å². The third-order valence-electron chi connectivity index (χ3n) is 4.72. The van der Waals surface area contributed by atoms with Gasteiger partial charge in [0.2, 0.25) is 12.7 Å². The second kappa shape index (κ2) is 7.38. The van der Waals surface area contributed by atoms with Crippen LogP contribution in [0, 0.1) is 0 Å². The van der Waals surface area contributed by atoms with Gasteiger partial charge in [0.1, 0.15) is 6.04 Å². The highest BCUT2D eigenvalue weighted by Gasteiger charge is 2.36. The van der Waals surface area contributed by atoms with Crippen molar-refractivity contribution in [3.63, 3.8) is 0 Å². The Balaban J connectivity index is 1.76. The molecule has 7 heteroatoms. The second-order valence-corrected chi connectivity index (χ2v) is 6.24. The zero-order chi connectivity index (χ0) is 17.0. The van der Waals surface area contributed by atoms with E-state index >= 15 is 0 Å². The van der Waals surface area contributed by atoms with Gasteiger partial charge in [-0.05, 0) is 30.5 Å². The Morgan fingerprint density at radius 1 is 1.33 bits per heavy atom. The predicted molar refractivity (Wildman–Crippen MR) is 87.2 cm³/mol. The normalized spacial score (nSPS) is 19.8. The first-order valence-corrected chi connectivity index (χ1v) is 8.15. The summed E-state index contributed by atoms with van der Waals surface area (Å²) in [6.07, 6.45) is 1.65. The van der Waals surface area contributed by atoms with E-state index in [1.54, 1.807) is 0 Å². The van der Waals surface area contributed by atoms with Crippen LogP contribution in [-0.4, -0.2) is 52.2 Å². The van der Waals surface area contributed by atoms with Crippen molar-refractivity contribution in [2.45, 2.75) is 24.3 Å². The zero-order valence-corrected chi connectivity index (χ0v) is 13.9. The summed E-state index contributed by atoms with van der Waals surface area (Å²) in [6.45, 7) is 2.28. The minimum Gasteiger partial charge on any atom is -0.454 e. The molecule has 132 valence electrons. The Morgan fingerprint density at radius 3 is 2.83 bits per heavy atom. The number of benzene rings is 1. The van der Waals surface area contributed by atoms with Crippen molar-refractivity contribution in [3.8, 4) is 11.5 Å². The number of hydrogen-bond donors (Lipinski definition) is 2. The zero-order valence-electron chi connectivity index (χ0n) is 13.9. The van der Waals surface area contributed by atoms with E-state index < -0.39 is 6.04 Å². The molecule has 0 aliphatic carbocycles. The molecule has 1 amide bonds. The van der Waals surface area contributed by atoms with E-state index in [-0.39, 0.29) is 24.7 Å². The lowest BCUT2D eigenvalue weighted by molar-refractivity contribution is -0.124. The van der Waals surface area contributed by atoms with E-state index in [1.165, 1.54) is 7.11 Å². The molecule has 2 aliphatic heterocycles. The first kappa shape index (κ1) is 17.0. The molecule has 1 fully saturated rings. The van der Waals surface area contributed by atoms with Crippen molar-refractivity contribution in [2.24, 2.45) is 5.73 Å². The van der Waals surface area contributed by atoms with E-state index in [2.05, 4.69) is 5.32 Å². The molecule has 3 rings (SSSR count). The lowest BCUT2D eigenvalue weighted by Gasteiger charge is -2.38. The van der Waals surface area contributed by atoms with Crippen LogP contribution in [0.25, 0.3) is 0 Å². The summed E-state index contributed by atoms with van der Waals surface area (Å²) >= 11 is 0. The largest absolute Gasteiger partial charge is 0.454 e. The molecule has 0 aromatic heterocycles. The smallest absolute Gasteiger partial charge is 0.239 e. The van der Waals surface area contributed by atoms with E-state index in [0.29, 0.717) is 19.8 Å². The van der Waals surface area contributed by atoms with Crippen LogP contribution in [0.3, 0.4) is 0 Å². The number of nitrogens with one attached hydrogen (secondary N) is 1. The molecule has 0 bridgehead atoms. The summed E-state index contributed by atoms with van der Waals surface area (Å²) in [5.74, 6) is 1.30. The van der Waals surface area contributed by atoms with Crippen LogP contribution in [0.4, 0.5) is 0 Å². The highest BCUT2D eigenvalue weighted by molar-refractivity contribution is 5.81. The van der Waals surface area contributed by atoms with Gasteiger partial charge in [-0.1, -0.05) is 6.07 Å². The second-order valence-electron chi connectivity index (χ2n) is 6.24. The fourth-order valence-corrected chi connectivity index (χ4v) is 3.20. The van der Waals surface area contributed by atoms with Gasteiger partial charge in [-0.25, -0.2) is 0 Å². The van der Waals surface area contributed by atoms with Crippen molar-refractivity contribution >= 4 is 5.91 Å². The number of ether oxygens (including phenoxy) is 4. The molecule has 7 nitrogen and oxygen atoms in total. The first-order valence-electron chi connectivity index (χ1n) is 8.15. The molecule has 0 radical (unpaired) electrons. The number of nitrogens with two attached hydrogens (primary N) is 1. The summed E-state index contributed by atoms with van der Waals surface area (Å²) < 4.78 is 21.3. The number of amides is 1. The molecule has 24 heavy (non-hydrogen) atoms. The fraction of sp³-hybridized carbons (Fsp3) is 0.588. The summed E-state index contributed by atoms with van der Waals surface area (Å²) in [5.41, 5.74) is 6.73. The van der Waals surface area contributed by atoms with Gasteiger partial charge in [-0.3, -0.25) is 4.79 Å². The molecule has 0 saturated carbocycles. The van der Waals surface area contributed by atoms with Crippen LogP contribution in [0.2, 0.25) is 0 Å². The molecule has 1 atom stereocenters. The average Bonchev–Trinajstić information content (AvgIpc) is 3.08. The highest BCUT2D eigenvalue weighted by Crippen LogP contribution is 2.40. The van der Waals surface area contributed by atoms with Gasteiger partial charge < -0.3 is 30.0 Å². The molecular weight excluding hydrogens is 312 g/mol. The Kier molecular flexibility index (Phi) is 5.23. The van der Waals surface area contributed by atoms with Gasteiger partial charge in [0, 0.05) is 32.3 Å². The standard InChI is InChI=1S/C17H24N2O5/c1-21-9-13(18)16(20)19-10-17(4-6-22-7-5-17)12-2-3-14-15(8-12)24-11-23-14/h2-3,8,13H,4-7,9-11,18H2,1H3,(H,19,20). The molecule has 0 spiro atoms. The number of carbonyl (C=O) groups is 1. The maximum atomic E-state index is 12.1. The topological polar surface area (TPSA) is 92.0 Å². The van der Waals surface area contributed by atoms with E-state index in [9.17, 15) is 4.79 Å². The lowest BCUT2D eigenvalue weighted by Crippen LogP contribution is -2.50. The summed E-state index contributed by atoms with van der Waals surface area (Å²) in [6, 6.07) is 5.31. The summed E-state index contributed by atoms with van der Waals surface area (Å²) in [4.78, 5) is 12.1. The van der Waals surface area contributed by atoms with Crippen molar-refractivity contribution < 1.29 is 23.7 Å². The minimum atomic E-state index is -0.663. The molecule has 1 aromatic carbocycles. The molecular formula is C17H24N2O5. The Bertz CT molecular complexity index is 586. The molecule has 1 saturated heterocycles. The number of fused-ring (bicyclic) bond motifs is 1. The van der Waals surface area contributed by atoms with E-state index in [4.69, 9.17) is 24.7 Å². The van der Waals surface area contributed by atoms with Gasteiger partial charge in [0.25, 0.3) is 0 Å². The molecule has 1 aromatic rings. The van der Waals surface area contributed by atoms with Crippen molar-refractivity contribution in [3.05, 3.63) is 23.8 Å². The average molecular weight is 336 g/mol. The van der Waals surface area contributed by atoms with Gasteiger partial charge in [-0.2, -0.15) is 0 Å². The number of hydrogen-bond acceptors (Lipinski definition) is 6. The van der Waals surface area contributed by atoms with Crippen molar-refractivity contribution in [1.29, 1.82) is 0 Å². The number of rotatable bonds is 6. The van der Waals surface area contributed by atoms with Crippen molar-refractivity contribution in [1.82, 2.24) is 5.32 Å². The lowest BCUT2D eigenvalue weighted by atomic mass is 9.74. The van der Waals surface area contributed by atoms with Gasteiger partial charge in [-0.15, -0.1) is 0 Å². The fourth-order valence-electron chi connectivity index (χ4n) is 3.20. The molecule has 1 unspecified atom stereocenters. The van der Waals surface area contributed by atoms with Crippen LogP contribution in [0.1, 0.15) is 18.4 Å². The highest BCUT2D eigenvalue weighted by atomic mass is 16.7. The van der Waals surface area contributed by atoms with Gasteiger partial charge in [0.05, 0.1) is 6.61 Å². The summed E-state index contributed by atoms with van der Waals surface area (Å²) in [5, 5.41) is 2.97. The van der Waals surface area contributed by atoms with Crippen LogP contribution >= 0.6 is 0 Å². The quantitative estimate of drug-likeness (QED) is 0.788. The maximum Gasteiger partial charge on any atom is 0.239 e. The van der Waals surface area contributed by atoms with Crippen molar-refractivity contribution in [2.75, 3.05) is 40.3 Å². The SMILES string of the molecule is COCC(N)C(=O)NCC1(c2ccc3c(c2)OCO3)CCOCC1. The maximum absolute atomic E-state index is 12.1. The van der Waals surface area contributed by atoms with Crippen LogP contribution in [0.15, 0.2) is 18.2 Å². The van der Waals surface area contributed by atoms with Crippen LogP contribution < -0.4 is 20.5 Å². The number of methoxy groups -OCH3 is 1. The summed E-state index contributed by atoms with van der Waals surface area (Å²) in [7, 11) is 1.53. The van der Waals surface area contributed by atoms with E-state index in [0.717, 1.165) is 29.9 Å². The minimum absolute atomic E-state index is 0.193. The molecule has 2 heterocycles. The van der Waals surface area contributed by atoms with Gasteiger partial charge >= 0.3 is 0 Å². The Morgan fingerprint density at radius 2 is 2.08 bits per heavy atom. The first-order chi connectivity index (χ1) is 11.6. The van der Waals surface area contributed by atoms with Crippen LogP contribution in [0.5, 0.6) is 11.5 Å². The monoisotopic (exact) mass is 336 g/mol.